The van der Waals surface area contributed by atoms with Gasteiger partial charge in [0.15, 0.2) is 11.6 Å². The SMILES string of the molecule is COc1ccc(CCC(=O)N2CCN(C(=O)c3ccc(F)cc3Cl)CC2)cc1F. The lowest BCUT2D eigenvalue weighted by atomic mass is 10.1. The largest absolute Gasteiger partial charge is 0.494 e. The first-order chi connectivity index (χ1) is 13.9. The van der Waals surface area contributed by atoms with Crippen molar-refractivity contribution in [3.8, 4) is 5.75 Å². The van der Waals surface area contributed by atoms with E-state index in [2.05, 4.69) is 0 Å². The van der Waals surface area contributed by atoms with Crippen LogP contribution in [0.25, 0.3) is 0 Å². The van der Waals surface area contributed by atoms with Gasteiger partial charge in [0.25, 0.3) is 5.91 Å². The van der Waals surface area contributed by atoms with Gasteiger partial charge >= 0.3 is 0 Å². The van der Waals surface area contributed by atoms with Crippen LogP contribution < -0.4 is 4.74 Å². The summed E-state index contributed by atoms with van der Waals surface area (Å²) in [7, 11) is 1.40. The van der Waals surface area contributed by atoms with Gasteiger partial charge in [-0.15, -0.1) is 0 Å². The fourth-order valence-corrected chi connectivity index (χ4v) is 3.52. The van der Waals surface area contributed by atoms with Crippen LogP contribution in [0.5, 0.6) is 5.75 Å². The second kappa shape index (κ2) is 9.22. The molecule has 0 unspecified atom stereocenters. The number of amides is 2. The van der Waals surface area contributed by atoms with E-state index in [0.717, 1.165) is 11.6 Å². The van der Waals surface area contributed by atoms with Crippen molar-refractivity contribution in [2.45, 2.75) is 12.8 Å². The van der Waals surface area contributed by atoms with Crippen LogP contribution in [0, 0.1) is 11.6 Å². The summed E-state index contributed by atoms with van der Waals surface area (Å²) in [6, 6.07) is 8.32. The number of carbonyl (C=O) groups is 2. The van der Waals surface area contributed by atoms with Crippen LogP contribution in [0.3, 0.4) is 0 Å². The molecule has 1 fully saturated rings. The zero-order chi connectivity index (χ0) is 21.0. The van der Waals surface area contributed by atoms with E-state index < -0.39 is 11.6 Å². The molecule has 2 aromatic carbocycles. The van der Waals surface area contributed by atoms with Crippen molar-refractivity contribution >= 4 is 23.4 Å². The number of benzene rings is 2. The number of nitrogens with zero attached hydrogens (tertiary/aromatic N) is 2. The van der Waals surface area contributed by atoms with Crippen molar-refractivity contribution < 1.29 is 23.1 Å². The Bertz CT molecular complexity index is 915. The van der Waals surface area contributed by atoms with Crippen LogP contribution in [0.15, 0.2) is 36.4 Å². The van der Waals surface area contributed by atoms with E-state index >= 15 is 0 Å². The molecular formula is C21H21ClF2N2O3. The van der Waals surface area contributed by atoms with Crippen LogP contribution in [0.1, 0.15) is 22.3 Å². The van der Waals surface area contributed by atoms with Crippen molar-refractivity contribution in [2.75, 3.05) is 33.3 Å². The van der Waals surface area contributed by atoms with Gasteiger partial charge < -0.3 is 14.5 Å². The zero-order valence-corrected chi connectivity index (χ0v) is 16.7. The standard InChI is InChI=1S/C21H21ClF2N2O3/c1-29-19-6-2-14(12-18(19)24)3-7-20(27)25-8-10-26(11-9-25)21(28)16-5-4-15(23)13-17(16)22/h2,4-6,12-13H,3,7-11H2,1H3. The Morgan fingerprint density at radius 1 is 1.03 bits per heavy atom. The molecular weight excluding hydrogens is 402 g/mol. The highest BCUT2D eigenvalue weighted by Crippen LogP contribution is 2.21. The molecule has 1 heterocycles. The van der Waals surface area contributed by atoms with Crippen molar-refractivity contribution in [2.24, 2.45) is 0 Å². The molecule has 0 aromatic heterocycles. The summed E-state index contributed by atoms with van der Waals surface area (Å²) >= 11 is 5.97. The van der Waals surface area contributed by atoms with Crippen molar-refractivity contribution in [3.05, 3.63) is 64.2 Å². The molecule has 0 radical (unpaired) electrons. The molecule has 5 nitrogen and oxygen atoms in total. The molecule has 3 rings (SSSR count). The van der Waals surface area contributed by atoms with Gasteiger partial charge in [0.1, 0.15) is 5.82 Å². The molecule has 1 aliphatic rings. The first kappa shape index (κ1) is 21.0. The van der Waals surface area contributed by atoms with Crippen molar-refractivity contribution in [1.29, 1.82) is 0 Å². The smallest absolute Gasteiger partial charge is 0.255 e. The monoisotopic (exact) mass is 422 g/mol. The molecule has 8 heteroatoms. The van der Waals surface area contributed by atoms with E-state index in [1.165, 1.54) is 25.3 Å². The summed E-state index contributed by atoms with van der Waals surface area (Å²) in [5.74, 6) is -1.12. The third-order valence-electron chi connectivity index (χ3n) is 4.92. The summed E-state index contributed by atoms with van der Waals surface area (Å²) in [6.07, 6.45) is 0.674. The molecule has 0 spiro atoms. The van der Waals surface area contributed by atoms with E-state index in [1.54, 1.807) is 21.9 Å². The quantitative estimate of drug-likeness (QED) is 0.740. The molecule has 0 atom stereocenters. The van der Waals surface area contributed by atoms with Gasteiger partial charge in [-0.1, -0.05) is 17.7 Å². The lowest BCUT2D eigenvalue weighted by Crippen LogP contribution is -2.50. The molecule has 2 amide bonds. The Labute approximate surface area is 172 Å². The minimum atomic E-state index is -0.501. The predicted molar refractivity (Wildman–Crippen MR) is 105 cm³/mol. The highest BCUT2D eigenvalue weighted by Gasteiger charge is 2.26. The molecule has 0 saturated carbocycles. The average Bonchev–Trinajstić information content (AvgIpc) is 2.72. The number of methoxy groups -OCH3 is 1. The van der Waals surface area contributed by atoms with Crippen molar-refractivity contribution in [3.63, 3.8) is 0 Å². The maximum atomic E-state index is 13.8. The average molecular weight is 423 g/mol. The van der Waals surface area contributed by atoms with Gasteiger partial charge in [-0.3, -0.25) is 9.59 Å². The fraction of sp³-hybridized carbons (Fsp3) is 0.333. The molecule has 0 bridgehead atoms. The Balaban J connectivity index is 1.51. The second-order valence-corrected chi connectivity index (χ2v) is 7.17. The van der Waals surface area contributed by atoms with Crippen LogP contribution in [-0.2, 0) is 11.2 Å². The topological polar surface area (TPSA) is 49.9 Å². The maximum absolute atomic E-state index is 13.8. The Hall–Kier alpha value is -2.67. The Kier molecular flexibility index (Phi) is 6.69. The lowest BCUT2D eigenvalue weighted by Gasteiger charge is -2.35. The maximum Gasteiger partial charge on any atom is 0.255 e. The zero-order valence-electron chi connectivity index (χ0n) is 16.0. The number of hydrogen-bond acceptors (Lipinski definition) is 3. The number of ether oxygens (including phenoxy) is 1. The Morgan fingerprint density at radius 3 is 2.34 bits per heavy atom. The van der Waals surface area contributed by atoms with E-state index in [1.807, 2.05) is 0 Å². The first-order valence-corrected chi connectivity index (χ1v) is 9.61. The number of rotatable bonds is 5. The van der Waals surface area contributed by atoms with Gasteiger partial charge in [-0.25, -0.2) is 8.78 Å². The van der Waals surface area contributed by atoms with Gasteiger partial charge in [0, 0.05) is 32.6 Å². The van der Waals surface area contributed by atoms with E-state index in [4.69, 9.17) is 16.3 Å². The minimum absolute atomic E-state index is 0.0480. The van der Waals surface area contributed by atoms with Gasteiger partial charge in [0.2, 0.25) is 5.91 Å². The number of carbonyl (C=O) groups excluding carboxylic acids is 2. The van der Waals surface area contributed by atoms with Crippen molar-refractivity contribution in [1.82, 2.24) is 9.80 Å². The van der Waals surface area contributed by atoms with Crippen LogP contribution in [0.2, 0.25) is 5.02 Å². The highest BCUT2D eigenvalue weighted by atomic mass is 35.5. The van der Waals surface area contributed by atoms with Gasteiger partial charge in [-0.05, 0) is 42.3 Å². The number of hydrogen-bond donors (Lipinski definition) is 0. The fourth-order valence-electron chi connectivity index (χ4n) is 3.27. The number of piperazine rings is 1. The summed E-state index contributed by atoms with van der Waals surface area (Å²) in [6.45, 7) is 1.55. The van der Waals surface area contributed by atoms with Crippen LogP contribution in [0.4, 0.5) is 8.78 Å². The van der Waals surface area contributed by atoms with E-state index in [9.17, 15) is 18.4 Å². The molecule has 1 saturated heterocycles. The highest BCUT2D eigenvalue weighted by molar-refractivity contribution is 6.33. The molecule has 154 valence electrons. The van der Waals surface area contributed by atoms with E-state index in [0.29, 0.717) is 32.6 Å². The van der Waals surface area contributed by atoms with E-state index in [-0.39, 0.29) is 34.6 Å². The molecule has 29 heavy (non-hydrogen) atoms. The molecule has 2 aromatic rings. The molecule has 0 N–H and O–H groups in total. The predicted octanol–water partition coefficient (Wildman–Crippen LogP) is 3.54. The normalized spacial score (nSPS) is 14.1. The van der Waals surface area contributed by atoms with Crippen LogP contribution in [-0.4, -0.2) is 54.9 Å². The Morgan fingerprint density at radius 2 is 1.72 bits per heavy atom. The summed E-state index contributed by atoms with van der Waals surface area (Å²) in [5, 5.41) is 0.0697. The summed E-state index contributed by atoms with van der Waals surface area (Å²) in [5.41, 5.74) is 0.964. The third-order valence-corrected chi connectivity index (χ3v) is 5.24. The second-order valence-electron chi connectivity index (χ2n) is 6.77. The van der Waals surface area contributed by atoms with Gasteiger partial charge in [0.05, 0.1) is 17.7 Å². The molecule has 0 aliphatic carbocycles. The number of aryl methyl sites for hydroxylation is 1. The summed E-state index contributed by atoms with van der Waals surface area (Å²) in [4.78, 5) is 28.3. The third kappa shape index (κ3) is 5.03. The minimum Gasteiger partial charge on any atom is -0.494 e. The summed E-state index contributed by atoms with van der Waals surface area (Å²) < 4.78 is 31.8. The number of halogens is 3. The molecule has 1 aliphatic heterocycles. The lowest BCUT2D eigenvalue weighted by molar-refractivity contribution is -0.132. The first-order valence-electron chi connectivity index (χ1n) is 9.23. The van der Waals surface area contributed by atoms with Gasteiger partial charge in [-0.2, -0.15) is 0 Å². The van der Waals surface area contributed by atoms with Crippen LogP contribution >= 0.6 is 11.6 Å².